The zero-order valence-corrected chi connectivity index (χ0v) is 12.8. The van der Waals surface area contributed by atoms with E-state index in [4.69, 9.17) is 0 Å². The van der Waals surface area contributed by atoms with Crippen molar-refractivity contribution in [3.63, 3.8) is 0 Å². The number of unbranched alkanes of at least 4 members (excludes halogenated alkanes) is 3. The molecule has 1 aromatic rings. The maximum absolute atomic E-state index is 3.47. The van der Waals surface area contributed by atoms with Crippen LogP contribution in [-0.4, -0.2) is 0 Å². The number of aryl methyl sites for hydroxylation is 1. The van der Waals surface area contributed by atoms with Crippen molar-refractivity contribution in [1.82, 2.24) is 0 Å². The monoisotopic (exact) mass is 296 g/mol. The molecule has 0 amide bonds. The normalized spacial score (nSPS) is 12.6. The van der Waals surface area contributed by atoms with Crippen LogP contribution < -0.4 is 0 Å². The Morgan fingerprint density at radius 2 is 1.71 bits per heavy atom. The molecule has 1 unspecified atom stereocenters. The van der Waals surface area contributed by atoms with E-state index in [0.29, 0.717) is 0 Å². The molecule has 96 valence electrons. The van der Waals surface area contributed by atoms with Gasteiger partial charge in [-0.1, -0.05) is 74.0 Å². The van der Waals surface area contributed by atoms with Gasteiger partial charge in [-0.2, -0.15) is 0 Å². The van der Waals surface area contributed by atoms with E-state index in [1.165, 1.54) is 55.0 Å². The fraction of sp³-hybridized carbons (Fsp3) is 0.625. The predicted molar refractivity (Wildman–Crippen MR) is 80.4 cm³/mol. The van der Waals surface area contributed by atoms with Gasteiger partial charge < -0.3 is 0 Å². The quantitative estimate of drug-likeness (QED) is 0.517. The van der Waals surface area contributed by atoms with Crippen LogP contribution in [0.2, 0.25) is 0 Å². The van der Waals surface area contributed by atoms with Gasteiger partial charge in [0.25, 0.3) is 0 Å². The van der Waals surface area contributed by atoms with E-state index in [1.54, 1.807) is 0 Å². The van der Waals surface area contributed by atoms with Crippen LogP contribution in [0.4, 0.5) is 0 Å². The van der Waals surface area contributed by atoms with Crippen LogP contribution in [0, 0.1) is 5.92 Å². The van der Waals surface area contributed by atoms with Gasteiger partial charge in [-0.05, 0) is 36.5 Å². The minimum absolute atomic E-state index is 0.871. The molecule has 0 nitrogen and oxygen atoms in total. The van der Waals surface area contributed by atoms with Crippen molar-refractivity contribution >= 4 is 15.9 Å². The smallest absolute Gasteiger partial charge is 0.0175 e. The maximum atomic E-state index is 3.47. The number of hydrogen-bond donors (Lipinski definition) is 0. The fourth-order valence-electron chi connectivity index (χ4n) is 2.13. The lowest BCUT2D eigenvalue weighted by Crippen LogP contribution is -1.97. The molecule has 0 N–H and O–H groups in total. The van der Waals surface area contributed by atoms with Gasteiger partial charge in [-0.3, -0.25) is 0 Å². The molecule has 0 aliphatic rings. The third kappa shape index (κ3) is 6.88. The zero-order chi connectivity index (χ0) is 12.5. The van der Waals surface area contributed by atoms with Gasteiger partial charge in [0.2, 0.25) is 0 Å². The Hall–Kier alpha value is -0.300. The van der Waals surface area contributed by atoms with Crippen LogP contribution >= 0.6 is 15.9 Å². The lowest BCUT2D eigenvalue weighted by atomic mass is 9.95. The summed E-state index contributed by atoms with van der Waals surface area (Å²) in [7, 11) is 0. The van der Waals surface area contributed by atoms with Gasteiger partial charge in [0.15, 0.2) is 0 Å². The van der Waals surface area contributed by atoms with Gasteiger partial charge in [-0.15, -0.1) is 0 Å². The first-order valence-electron chi connectivity index (χ1n) is 6.96. The number of halogens is 1. The molecule has 0 aliphatic carbocycles. The van der Waals surface area contributed by atoms with Crippen molar-refractivity contribution in [3.05, 3.63) is 34.3 Å². The van der Waals surface area contributed by atoms with E-state index in [9.17, 15) is 0 Å². The second-order valence-electron chi connectivity index (χ2n) is 5.12. The van der Waals surface area contributed by atoms with Gasteiger partial charge in [0, 0.05) is 4.47 Å². The zero-order valence-electron chi connectivity index (χ0n) is 11.2. The highest BCUT2D eigenvalue weighted by molar-refractivity contribution is 9.10. The SMILES string of the molecule is CCCCCCC(C)CCc1ccc(Br)cc1. The largest absolute Gasteiger partial charge is 0.0654 e. The number of rotatable bonds is 8. The van der Waals surface area contributed by atoms with Gasteiger partial charge in [0.05, 0.1) is 0 Å². The standard InChI is InChI=1S/C16H25Br/c1-3-4-5-6-7-14(2)8-9-15-10-12-16(17)13-11-15/h10-14H,3-9H2,1-2H3. The highest BCUT2D eigenvalue weighted by atomic mass is 79.9. The molecule has 0 spiro atoms. The van der Waals surface area contributed by atoms with Crippen LogP contribution in [0.3, 0.4) is 0 Å². The van der Waals surface area contributed by atoms with Crippen LogP contribution in [-0.2, 0) is 6.42 Å². The summed E-state index contributed by atoms with van der Waals surface area (Å²) in [6, 6.07) is 8.74. The second-order valence-corrected chi connectivity index (χ2v) is 6.04. The summed E-state index contributed by atoms with van der Waals surface area (Å²) in [4.78, 5) is 0. The van der Waals surface area contributed by atoms with E-state index in [1.807, 2.05) is 0 Å². The molecule has 0 fully saturated rings. The van der Waals surface area contributed by atoms with E-state index < -0.39 is 0 Å². The minimum atomic E-state index is 0.871. The predicted octanol–water partition coefficient (Wildman–Crippen LogP) is 5.99. The average Bonchev–Trinajstić information content (AvgIpc) is 2.34. The Kier molecular flexibility index (Phi) is 7.59. The molecule has 1 aromatic carbocycles. The summed E-state index contributed by atoms with van der Waals surface area (Å²) < 4.78 is 1.17. The van der Waals surface area contributed by atoms with Crippen LogP contribution in [0.25, 0.3) is 0 Å². The average molecular weight is 297 g/mol. The van der Waals surface area contributed by atoms with E-state index in [0.717, 1.165) is 5.92 Å². The minimum Gasteiger partial charge on any atom is -0.0654 e. The third-order valence-electron chi connectivity index (χ3n) is 3.39. The number of hydrogen-bond acceptors (Lipinski definition) is 0. The van der Waals surface area contributed by atoms with Gasteiger partial charge in [-0.25, -0.2) is 0 Å². The first kappa shape index (κ1) is 14.8. The van der Waals surface area contributed by atoms with Crippen molar-refractivity contribution in [2.45, 2.75) is 58.8 Å². The lowest BCUT2D eigenvalue weighted by Gasteiger charge is -2.11. The van der Waals surface area contributed by atoms with Crippen molar-refractivity contribution in [1.29, 1.82) is 0 Å². The lowest BCUT2D eigenvalue weighted by molar-refractivity contribution is 0.460. The molecule has 0 saturated heterocycles. The molecular formula is C16H25Br. The fourth-order valence-corrected chi connectivity index (χ4v) is 2.39. The summed E-state index contributed by atoms with van der Waals surface area (Å²) in [5.41, 5.74) is 1.47. The Morgan fingerprint density at radius 3 is 2.35 bits per heavy atom. The third-order valence-corrected chi connectivity index (χ3v) is 3.92. The molecule has 0 heterocycles. The number of benzene rings is 1. The van der Waals surface area contributed by atoms with Crippen molar-refractivity contribution in [2.75, 3.05) is 0 Å². The molecule has 0 aliphatic heterocycles. The topological polar surface area (TPSA) is 0 Å². The molecule has 1 rings (SSSR count). The summed E-state index contributed by atoms with van der Waals surface area (Å²) in [6.45, 7) is 4.67. The summed E-state index contributed by atoms with van der Waals surface area (Å²) in [5.74, 6) is 0.871. The van der Waals surface area contributed by atoms with Crippen molar-refractivity contribution in [3.8, 4) is 0 Å². The Morgan fingerprint density at radius 1 is 1.00 bits per heavy atom. The summed E-state index contributed by atoms with van der Waals surface area (Å²) >= 11 is 3.47. The maximum Gasteiger partial charge on any atom is 0.0175 e. The van der Waals surface area contributed by atoms with E-state index in [2.05, 4.69) is 54.0 Å². The Balaban J connectivity index is 2.14. The first-order chi connectivity index (χ1) is 8.22. The molecule has 0 saturated carbocycles. The van der Waals surface area contributed by atoms with E-state index in [-0.39, 0.29) is 0 Å². The molecule has 0 bridgehead atoms. The molecule has 1 heteroatoms. The van der Waals surface area contributed by atoms with Crippen LogP contribution in [0.1, 0.15) is 57.9 Å². The summed E-state index contributed by atoms with van der Waals surface area (Å²) in [5, 5.41) is 0. The highest BCUT2D eigenvalue weighted by Gasteiger charge is 2.02. The summed E-state index contributed by atoms with van der Waals surface area (Å²) in [6.07, 6.45) is 9.52. The Bertz CT molecular complexity index is 289. The molecular weight excluding hydrogens is 272 g/mol. The van der Waals surface area contributed by atoms with E-state index >= 15 is 0 Å². The first-order valence-corrected chi connectivity index (χ1v) is 7.76. The van der Waals surface area contributed by atoms with Crippen molar-refractivity contribution < 1.29 is 0 Å². The molecule has 0 aromatic heterocycles. The van der Waals surface area contributed by atoms with Gasteiger partial charge >= 0.3 is 0 Å². The van der Waals surface area contributed by atoms with Crippen LogP contribution in [0.15, 0.2) is 28.7 Å². The van der Waals surface area contributed by atoms with Gasteiger partial charge in [0.1, 0.15) is 0 Å². The molecule has 17 heavy (non-hydrogen) atoms. The second kappa shape index (κ2) is 8.74. The highest BCUT2D eigenvalue weighted by Crippen LogP contribution is 2.18. The van der Waals surface area contributed by atoms with Crippen molar-refractivity contribution in [2.24, 2.45) is 5.92 Å². The molecule has 1 atom stereocenters. The Labute approximate surface area is 115 Å². The van der Waals surface area contributed by atoms with Crippen LogP contribution in [0.5, 0.6) is 0 Å². The molecule has 0 radical (unpaired) electrons.